The highest BCUT2D eigenvalue weighted by atomic mass is 15.2. The van der Waals surface area contributed by atoms with Gasteiger partial charge in [0.1, 0.15) is 0 Å². The molecule has 3 heteroatoms. The van der Waals surface area contributed by atoms with E-state index in [1.807, 2.05) is 6.07 Å². The predicted molar refractivity (Wildman–Crippen MR) is 233 cm³/mol. The van der Waals surface area contributed by atoms with Crippen molar-refractivity contribution < 1.29 is 0 Å². The van der Waals surface area contributed by atoms with E-state index in [0.29, 0.717) is 5.95 Å². The summed E-state index contributed by atoms with van der Waals surface area (Å²) in [5, 5.41) is 3.38. The van der Waals surface area contributed by atoms with E-state index in [4.69, 9.17) is 9.97 Å². The second kappa shape index (κ2) is 12.5. The van der Waals surface area contributed by atoms with Crippen LogP contribution in [0.25, 0.3) is 94.4 Å². The van der Waals surface area contributed by atoms with Crippen LogP contribution in [0, 0.1) is 0 Å². The molecule has 0 N–H and O–H groups in total. The molecule has 0 saturated heterocycles. The Hall–Kier alpha value is -7.10. The Labute approximate surface area is 326 Å². The van der Waals surface area contributed by atoms with Gasteiger partial charge in [0.2, 0.25) is 5.95 Å². The van der Waals surface area contributed by atoms with Crippen molar-refractivity contribution in [3.8, 4) is 61.7 Å². The molecule has 0 atom stereocenters. The number of para-hydroxylation sites is 3. The monoisotopic (exact) mass is 715 g/mol. The maximum atomic E-state index is 5.35. The predicted octanol–water partition coefficient (Wildman–Crippen LogP) is 13.7. The van der Waals surface area contributed by atoms with Gasteiger partial charge in [0.25, 0.3) is 0 Å². The number of rotatable bonds is 5. The molecular weight excluding hydrogens is 679 g/mol. The minimum atomic E-state index is -0.0433. The van der Waals surface area contributed by atoms with Gasteiger partial charge >= 0.3 is 0 Å². The Morgan fingerprint density at radius 2 is 0.964 bits per heavy atom. The van der Waals surface area contributed by atoms with E-state index in [0.717, 1.165) is 44.3 Å². The summed E-state index contributed by atoms with van der Waals surface area (Å²) in [6, 6.07) is 67.7. The van der Waals surface area contributed by atoms with Crippen molar-refractivity contribution in [2.24, 2.45) is 0 Å². The fourth-order valence-corrected chi connectivity index (χ4v) is 9.17. The highest BCUT2D eigenvalue weighted by Crippen LogP contribution is 2.52. The van der Waals surface area contributed by atoms with Crippen molar-refractivity contribution in [1.82, 2.24) is 14.5 Å². The summed E-state index contributed by atoms with van der Waals surface area (Å²) in [6.45, 7) is 4.69. The van der Waals surface area contributed by atoms with Crippen LogP contribution in [0.15, 0.2) is 188 Å². The molecule has 2 heterocycles. The number of hydrogen-bond donors (Lipinski definition) is 0. The molecule has 1 aliphatic rings. The van der Waals surface area contributed by atoms with E-state index in [1.165, 1.54) is 55.3 Å². The van der Waals surface area contributed by atoms with Gasteiger partial charge in [-0.1, -0.05) is 178 Å². The number of hydrogen-bond acceptors (Lipinski definition) is 2. The first kappa shape index (κ1) is 32.3. The molecule has 264 valence electrons. The lowest BCUT2D eigenvalue weighted by Crippen LogP contribution is -2.14. The zero-order chi connectivity index (χ0) is 37.4. The standard InChI is InChI=1S/C53H37N3/c1-53(2)45-28-9-6-23-43(45)49-39(25-15-29-46(49)53)37-20-12-18-35(32-37)36-19-13-21-38(33-36)40-26-14-27-42-41-22-8-11-31-48(41)56(51(40)42)52-54-47-30-10-7-24-44(47)50(55-52)34-16-4-3-5-17-34/h3-33H,1-2H3. The Morgan fingerprint density at radius 3 is 1.79 bits per heavy atom. The zero-order valence-electron chi connectivity index (χ0n) is 31.2. The summed E-state index contributed by atoms with van der Waals surface area (Å²) in [5.74, 6) is 0.658. The van der Waals surface area contributed by atoms with E-state index >= 15 is 0 Å². The highest BCUT2D eigenvalue weighted by molar-refractivity contribution is 6.14. The zero-order valence-corrected chi connectivity index (χ0v) is 31.2. The lowest BCUT2D eigenvalue weighted by Gasteiger charge is -2.21. The van der Waals surface area contributed by atoms with Crippen molar-refractivity contribution in [3.05, 3.63) is 199 Å². The third-order valence-corrected chi connectivity index (χ3v) is 11.8. The lowest BCUT2D eigenvalue weighted by molar-refractivity contribution is 0.660. The number of benzene rings is 8. The van der Waals surface area contributed by atoms with Gasteiger partial charge < -0.3 is 0 Å². The first-order chi connectivity index (χ1) is 27.5. The first-order valence-corrected chi connectivity index (χ1v) is 19.3. The van der Waals surface area contributed by atoms with E-state index in [2.05, 4.69) is 200 Å². The summed E-state index contributed by atoms with van der Waals surface area (Å²) in [4.78, 5) is 10.6. The molecule has 2 aromatic heterocycles. The topological polar surface area (TPSA) is 30.7 Å². The van der Waals surface area contributed by atoms with Gasteiger partial charge in [-0.05, 0) is 74.3 Å². The largest absolute Gasteiger partial charge is 0.277 e. The lowest BCUT2D eigenvalue weighted by atomic mass is 9.82. The van der Waals surface area contributed by atoms with Crippen LogP contribution in [0.1, 0.15) is 25.0 Å². The van der Waals surface area contributed by atoms with Crippen molar-refractivity contribution >= 4 is 32.7 Å². The molecule has 1 aliphatic carbocycles. The molecule has 3 nitrogen and oxygen atoms in total. The van der Waals surface area contributed by atoms with Crippen LogP contribution in [-0.4, -0.2) is 14.5 Å². The van der Waals surface area contributed by atoms with Crippen LogP contribution < -0.4 is 0 Å². The van der Waals surface area contributed by atoms with E-state index < -0.39 is 0 Å². The minimum absolute atomic E-state index is 0.0433. The normalized spacial score (nSPS) is 13.0. The highest BCUT2D eigenvalue weighted by Gasteiger charge is 2.36. The molecule has 10 aromatic rings. The van der Waals surface area contributed by atoms with Crippen molar-refractivity contribution in [3.63, 3.8) is 0 Å². The summed E-state index contributed by atoms with van der Waals surface area (Å²) in [5.41, 5.74) is 17.6. The molecule has 0 fully saturated rings. The average Bonchev–Trinajstić information content (AvgIpc) is 3.72. The molecule has 0 aliphatic heterocycles. The van der Waals surface area contributed by atoms with Crippen LogP contribution >= 0.6 is 0 Å². The van der Waals surface area contributed by atoms with E-state index in [-0.39, 0.29) is 5.41 Å². The summed E-state index contributed by atoms with van der Waals surface area (Å²) >= 11 is 0. The summed E-state index contributed by atoms with van der Waals surface area (Å²) in [6.07, 6.45) is 0. The number of fused-ring (bicyclic) bond motifs is 7. The fourth-order valence-electron chi connectivity index (χ4n) is 9.17. The van der Waals surface area contributed by atoms with Gasteiger partial charge in [0.15, 0.2) is 0 Å². The van der Waals surface area contributed by atoms with Gasteiger partial charge in [-0.2, -0.15) is 0 Å². The number of nitrogens with zero attached hydrogens (tertiary/aromatic N) is 3. The molecule has 0 bridgehead atoms. The quantitative estimate of drug-likeness (QED) is 0.178. The molecule has 56 heavy (non-hydrogen) atoms. The smallest absolute Gasteiger partial charge is 0.235 e. The van der Waals surface area contributed by atoms with Gasteiger partial charge in [-0.3, -0.25) is 4.57 Å². The molecule has 0 amide bonds. The third-order valence-electron chi connectivity index (χ3n) is 11.8. The SMILES string of the molecule is CC1(C)c2ccccc2-c2c(-c3cccc(-c4cccc(-c5cccc6c7ccccc7n(-c7nc(-c8ccccc8)c8ccccc8n7)c56)c4)c3)cccc21. The molecule has 8 aromatic carbocycles. The summed E-state index contributed by atoms with van der Waals surface area (Å²) in [7, 11) is 0. The molecule has 0 spiro atoms. The van der Waals surface area contributed by atoms with Crippen molar-refractivity contribution in [2.75, 3.05) is 0 Å². The minimum Gasteiger partial charge on any atom is -0.277 e. The second-order valence-corrected chi connectivity index (χ2v) is 15.4. The molecule has 11 rings (SSSR count). The molecule has 0 unspecified atom stereocenters. The van der Waals surface area contributed by atoms with Gasteiger partial charge in [-0.15, -0.1) is 0 Å². The van der Waals surface area contributed by atoms with Crippen LogP contribution in [0.3, 0.4) is 0 Å². The van der Waals surface area contributed by atoms with Crippen molar-refractivity contribution in [1.29, 1.82) is 0 Å². The maximum Gasteiger partial charge on any atom is 0.235 e. The Balaban J connectivity index is 1.09. The Bertz CT molecular complexity index is 3170. The van der Waals surface area contributed by atoms with E-state index in [9.17, 15) is 0 Å². The number of aromatic nitrogens is 3. The van der Waals surface area contributed by atoms with Crippen LogP contribution in [0.2, 0.25) is 0 Å². The third kappa shape index (κ3) is 4.91. The Morgan fingerprint density at radius 1 is 0.411 bits per heavy atom. The molecule has 0 saturated carbocycles. The van der Waals surface area contributed by atoms with Crippen LogP contribution in [-0.2, 0) is 5.41 Å². The van der Waals surface area contributed by atoms with E-state index in [1.54, 1.807) is 0 Å². The second-order valence-electron chi connectivity index (χ2n) is 15.4. The van der Waals surface area contributed by atoms with Crippen molar-refractivity contribution in [2.45, 2.75) is 19.3 Å². The Kier molecular flexibility index (Phi) is 7.20. The molecular formula is C53H37N3. The average molecular weight is 716 g/mol. The first-order valence-electron chi connectivity index (χ1n) is 19.3. The van der Waals surface area contributed by atoms with Gasteiger partial charge in [-0.25, -0.2) is 9.97 Å². The van der Waals surface area contributed by atoms with Gasteiger partial charge in [0, 0.05) is 32.7 Å². The van der Waals surface area contributed by atoms with Crippen LogP contribution in [0.4, 0.5) is 0 Å². The van der Waals surface area contributed by atoms with Gasteiger partial charge in [0.05, 0.1) is 22.2 Å². The maximum absolute atomic E-state index is 5.35. The fraction of sp³-hybridized carbons (Fsp3) is 0.0566. The van der Waals surface area contributed by atoms with Crippen LogP contribution in [0.5, 0.6) is 0 Å². The molecule has 0 radical (unpaired) electrons. The summed E-state index contributed by atoms with van der Waals surface area (Å²) < 4.78 is 2.27.